The first-order valence-electron chi connectivity index (χ1n) is 11.7. The van der Waals surface area contributed by atoms with E-state index in [1.54, 1.807) is 26.1 Å². The number of likely N-dealkylation sites (tertiary alicyclic amines) is 1. The molecule has 0 bridgehead atoms. The molecule has 1 saturated heterocycles. The zero-order valence-electron chi connectivity index (χ0n) is 19.4. The molecule has 1 aliphatic heterocycles. The molecule has 0 atom stereocenters. The molecule has 2 fully saturated rings. The molecular weight excluding hydrogens is 390 g/mol. The SMILES string of the molecule is COc1ccc(CCNC(=NCC(=O)N(C)C)NC2CCN(C3CCCC3)CC2)cc1. The van der Waals surface area contributed by atoms with Gasteiger partial charge in [-0.3, -0.25) is 4.79 Å². The van der Waals surface area contributed by atoms with Gasteiger partial charge in [0.2, 0.25) is 5.91 Å². The molecule has 31 heavy (non-hydrogen) atoms. The number of rotatable bonds is 8. The lowest BCUT2D eigenvalue weighted by molar-refractivity contribution is -0.127. The Bertz CT molecular complexity index is 705. The molecule has 1 aromatic rings. The van der Waals surface area contributed by atoms with Crippen molar-refractivity contribution in [3.63, 3.8) is 0 Å². The van der Waals surface area contributed by atoms with Crippen molar-refractivity contribution in [2.24, 2.45) is 4.99 Å². The number of aliphatic imine (C=N–C) groups is 1. The molecule has 1 heterocycles. The maximum atomic E-state index is 12.0. The molecule has 172 valence electrons. The highest BCUT2D eigenvalue weighted by Crippen LogP contribution is 2.26. The summed E-state index contributed by atoms with van der Waals surface area (Å²) in [6.07, 6.45) is 8.63. The Morgan fingerprint density at radius 1 is 1.13 bits per heavy atom. The van der Waals surface area contributed by atoms with Crippen LogP contribution in [0.25, 0.3) is 0 Å². The molecule has 2 aliphatic rings. The van der Waals surface area contributed by atoms with Gasteiger partial charge in [0.05, 0.1) is 7.11 Å². The number of hydrogen-bond acceptors (Lipinski definition) is 4. The summed E-state index contributed by atoms with van der Waals surface area (Å²) in [6, 6.07) is 9.33. The second kappa shape index (κ2) is 11.9. The van der Waals surface area contributed by atoms with Crippen molar-refractivity contribution in [2.75, 3.05) is 47.4 Å². The molecule has 1 aromatic carbocycles. The number of nitrogens with zero attached hydrogens (tertiary/aromatic N) is 3. The van der Waals surface area contributed by atoms with Crippen molar-refractivity contribution < 1.29 is 9.53 Å². The van der Waals surface area contributed by atoms with E-state index in [1.165, 1.54) is 31.2 Å². The molecule has 0 aromatic heterocycles. The summed E-state index contributed by atoms with van der Waals surface area (Å²) in [5.74, 6) is 1.61. The number of piperidine rings is 1. The number of likely N-dealkylation sites (N-methyl/N-ethyl adjacent to an activating group) is 1. The minimum atomic E-state index is 0.00677. The first-order chi connectivity index (χ1) is 15.0. The van der Waals surface area contributed by atoms with Gasteiger partial charge < -0.3 is 25.2 Å². The fourth-order valence-corrected chi connectivity index (χ4v) is 4.43. The van der Waals surface area contributed by atoms with Crippen LogP contribution in [0, 0.1) is 0 Å². The fraction of sp³-hybridized carbons (Fsp3) is 0.667. The first kappa shape index (κ1) is 23.4. The van der Waals surface area contributed by atoms with Crippen LogP contribution in [0.1, 0.15) is 44.1 Å². The lowest BCUT2D eigenvalue weighted by Gasteiger charge is -2.36. The summed E-state index contributed by atoms with van der Waals surface area (Å²) in [4.78, 5) is 20.9. The first-order valence-corrected chi connectivity index (χ1v) is 11.7. The van der Waals surface area contributed by atoms with Crippen molar-refractivity contribution in [3.05, 3.63) is 29.8 Å². The Labute approximate surface area is 187 Å². The van der Waals surface area contributed by atoms with E-state index in [0.717, 1.165) is 56.6 Å². The zero-order valence-corrected chi connectivity index (χ0v) is 19.4. The Hall–Kier alpha value is -2.28. The van der Waals surface area contributed by atoms with Gasteiger partial charge in [-0.15, -0.1) is 0 Å². The van der Waals surface area contributed by atoms with Gasteiger partial charge in [0.25, 0.3) is 0 Å². The number of carbonyl (C=O) groups excluding carboxylic acids is 1. The molecule has 1 aliphatic carbocycles. The summed E-state index contributed by atoms with van der Waals surface area (Å²) in [5.41, 5.74) is 1.24. The molecule has 7 nitrogen and oxygen atoms in total. The Morgan fingerprint density at radius 2 is 1.81 bits per heavy atom. The Kier molecular flexibility index (Phi) is 9.00. The molecule has 0 radical (unpaired) electrons. The number of methoxy groups -OCH3 is 1. The van der Waals surface area contributed by atoms with Gasteiger partial charge in [0.1, 0.15) is 12.3 Å². The Balaban J connectivity index is 1.50. The van der Waals surface area contributed by atoms with Crippen LogP contribution in [0.15, 0.2) is 29.3 Å². The van der Waals surface area contributed by atoms with Gasteiger partial charge in [-0.2, -0.15) is 0 Å². The number of guanidine groups is 1. The van der Waals surface area contributed by atoms with Gasteiger partial charge >= 0.3 is 0 Å². The summed E-state index contributed by atoms with van der Waals surface area (Å²) in [5, 5.41) is 7.02. The molecule has 3 rings (SSSR count). The smallest absolute Gasteiger partial charge is 0.243 e. The largest absolute Gasteiger partial charge is 0.497 e. The predicted octanol–water partition coefficient (Wildman–Crippen LogP) is 2.27. The third-order valence-corrected chi connectivity index (χ3v) is 6.45. The quantitative estimate of drug-likeness (QED) is 0.490. The molecular formula is C24H39N5O2. The van der Waals surface area contributed by atoms with Crippen LogP contribution < -0.4 is 15.4 Å². The highest BCUT2D eigenvalue weighted by Gasteiger charge is 2.27. The van der Waals surface area contributed by atoms with Gasteiger partial charge in [-0.25, -0.2) is 4.99 Å². The van der Waals surface area contributed by atoms with E-state index in [9.17, 15) is 4.79 Å². The lowest BCUT2D eigenvalue weighted by atomic mass is 10.0. The van der Waals surface area contributed by atoms with Crippen molar-refractivity contribution in [1.29, 1.82) is 0 Å². The van der Waals surface area contributed by atoms with Crippen molar-refractivity contribution in [2.45, 2.75) is 57.0 Å². The molecule has 7 heteroatoms. The van der Waals surface area contributed by atoms with Gasteiger partial charge in [0, 0.05) is 45.8 Å². The highest BCUT2D eigenvalue weighted by atomic mass is 16.5. The van der Waals surface area contributed by atoms with Crippen LogP contribution in [0.3, 0.4) is 0 Å². The predicted molar refractivity (Wildman–Crippen MR) is 126 cm³/mol. The monoisotopic (exact) mass is 429 g/mol. The van der Waals surface area contributed by atoms with Gasteiger partial charge in [-0.1, -0.05) is 25.0 Å². The van der Waals surface area contributed by atoms with Crippen LogP contribution in [0.2, 0.25) is 0 Å². The van der Waals surface area contributed by atoms with Crippen LogP contribution in [0.5, 0.6) is 5.75 Å². The average Bonchev–Trinajstić information content (AvgIpc) is 3.33. The minimum Gasteiger partial charge on any atom is -0.497 e. The summed E-state index contributed by atoms with van der Waals surface area (Å²) in [6.45, 7) is 3.22. The van der Waals surface area contributed by atoms with Crippen LogP contribution in [-0.4, -0.2) is 81.1 Å². The third-order valence-electron chi connectivity index (χ3n) is 6.45. The topological polar surface area (TPSA) is 69.2 Å². The lowest BCUT2D eigenvalue weighted by Crippen LogP contribution is -2.50. The summed E-state index contributed by atoms with van der Waals surface area (Å²) >= 11 is 0. The average molecular weight is 430 g/mol. The van der Waals surface area contributed by atoms with E-state index in [-0.39, 0.29) is 12.5 Å². The number of benzene rings is 1. The van der Waals surface area contributed by atoms with E-state index in [0.29, 0.717) is 6.04 Å². The Morgan fingerprint density at radius 3 is 2.42 bits per heavy atom. The fourth-order valence-electron chi connectivity index (χ4n) is 4.43. The van der Waals surface area contributed by atoms with E-state index in [4.69, 9.17) is 4.74 Å². The minimum absolute atomic E-state index is 0.00677. The standard InChI is InChI=1S/C24H39N5O2/c1-28(2)23(30)18-26-24(25-15-12-19-8-10-22(31-3)11-9-19)27-20-13-16-29(17-14-20)21-6-4-5-7-21/h8-11,20-21H,4-7,12-18H2,1-3H3,(H2,25,26,27). The van der Waals surface area contributed by atoms with Crippen molar-refractivity contribution in [3.8, 4) is 5.75 Å². The molecule has 1 amide bonds. The molecule has 2 N–H and O–H groups in total. The van der Waals surface area contributed by atoms with Gasteiger partial charge in [-0.05, 0) is 49.8 Å². The maximum Gasteiger partial charge on any atom is 0.243 e. The van der Waals surface area contributed by atoms with Crippen LogP contribution >= 0.6 is 0 Å². The summed E-state index contributed by atoms with van der Waals surface area (Å²) in [7, 11) is 5.21. The van der Waals surface area contributed by atoms with Crippen molar-refractivity contribution in [1.82, 2.24) is 20.4 Å². The molecule has 0 unspecified atom stereocenters. The van der Waals surface area contributed by atoms with Crippen molar-refractivity contribution >= 4 is 11.9 Å². The second-order valence-electron chi connectivity index (χ2n) is 8.87. The third kappa shape index (κ3) is 7.42. The number of hydrogen-bond donors (Lipinski definition) is 2. The second-order valence-corrected chi connectivity index (χ2v) is 8.87. The normalized spacial score (nSPS) is 18.7. The van der Waals surface area contributed by atoms with Gasteiger partial charge in [0.15, 0.2) is 5.96 Å². The number of ether oxygens (including phenoxy) is 1. The number of carbonyl (C=O) groups is 1. The van der Waals surface area contributed by atoms with E-state index >= 15 is 0 Å². The maximum absolute atomic E-state index is 12.0. The van der Waals surface area contributed by atoms with E-state index in [2.05, 4.69) is 32.7 Å². The van der Waals surface area contributed by atoms with E-state index < -0.39 is 0 Å². The molecule has 0 spiro atoms. The van der Waals surface area contributed by atoms with E-state index in [1.807, 2.05) is 12.1 Å². The van der Waals surface area contributed by atoms with Crippen LogP contribution in [-0.2, 0) is 11.2 Å². The highest BCUT2D eigenvalue weighted by molar-refractivity contribution is 5.84. The number of amides is 1. The van der Waals surface area contributed by atoms with Crippen LogP contribution in [0.4, 0.5) is 0 Å². The summed E-state index contributed by atoms with van der Waals surface area (Å²) < 4.78 is 5.23. The zero-order chi connectivity index (χ0) is 22.1. The number of nitrogens with one attached hydrogen (secondary N) is 2. The molecule has 1 saturated carbocycles.